The second kappa shape index (κ2) is 5.21. The summed E-state index contributed by atoms with van der Waals surface area (Å²) in [6.07, 6.45) is 1.34. The average Bonchev–Trinajstić information content (AvgIpc) is 2.79. The highest BCUT2D eigenvalue weighted by Crippen LogP contribution is 2.22. The molecule has 7 heteroatoms. The van der Waals surface area contributed by atoms with Crippen molar-refractivity contribution in [1.82, 2.24) is 10.2 Å². The monoisotopic (exact) mass is 324 g/mol. The van der Waals surface area contributed by atoms with Gasteiger partial charge in [0, 0.05) is 9.50 Å². The molecule has 0 radical (unpaired) electrons. The third-order valence-electron chi connectivity index (χ3n) is 2.17. The fraction of sp³-hybridized carbons (Fsp3) is 0. The maximum atomic E-state index is 12.0. The third kappa shape index (κ3) is 2.53. The van der Waals surface area contributed by atoms with Gasteiger partial charge in [0.15, 0.2) is 0 Å². The number of aromatic amines is 1. The number of nitrogens with one attached hydrogen (secondary N) is 2. The lowest BCUT2D eigenvalue weighted by molar-refractivity contribution is 0.102. The zero-order valence-corrected chi connectivity index (χ0v) is 11.2. The van der Waals surface area contributed by atoms with Crippen molar-refractivity contribution >= 4 is 39.3 Å². The van der Waals surface area contributed by atoms with Gasteiger partial charge in [0.1, 0.15) is 17.5 Å². The van der Waals surface area contributed by atoms with E-state index < -0.39 is 0 Å². The predicted octanol–water partition coefficient (Wildman–Crippen LogP) is 2.95. The molecule has 90 valence electrons. The number of hydrogen-bond acceptors (Lipinski definition) is 3. The summed E-state index contributed by atoms with van der Waals surface area (Å²) in [7, 11) is 0. The Morgan fingerprint density at radius 1 is 1.56 bits per heavy atom. The highest BCUT2D eigenvalue weighted by Gasteiger charge is 2.13. The number of rotatable bonds is 2. The Bertz CT molecular complexity index is 647. The van der Waals surface area contributed by atoms with Gasteiger partial charge in [-0.15, -0.1) is 0 Å². The molecule has 0 unspecified atom stereocenters. The predicted molar refractivity (Wildman–Crippen MR) is 70.4 cm³/mol. The van der Waals surface area contributed by atoms with Crippen molar-refractivity contribution in [2.75, 3.05) is 5.32 Å². The highest BCUT2D eigenvalue weighted by atomic mass is 79.9. The van der Waals surface area contributed by atoms with Crippen LogP contribution in [0.2, 0.25) is 5.02 Å². The summed E-state index contributed by atoms with van der Waals surface area (Å²) in [6, 6.07) is 6.79. The van der Waals surface area contributed by atoms with E-state index in [9.17, 15) is 4.79 Å². The van der Waals surface area contributed by atoms with Crippen LogP contribution >= 0.6 is 27.5 Å². The number of halogens is 2. The van der Waals surface area contributed by atoms with Crippen molar-refractivity contribution in [3.05, 3.63) is 45.0 Å². The summed E-state index contributed by atoms with van der Waals surface area (Å²) in [5.74, 6) is -0.125. The van der Waals surface area contributed by atoms with Crippen molar-refractivity contribution in [3.63, 3.8) is 0 Å². The number of nitriles is 1. The standard InChI is InChI=1S/C11H6BrClN4O/c12-9-2-1-7(13)3-8(9)11(18)16-10-6(4-14)5-15-17-10/h1-3,5H,(H2,15,16,17,18). The van der Waals surface area contributed by atoms with E-state index >= 15 is 0 Å². The quantitative estimate of drug-likeness (QED) is 0.890. The molecule has 0 atom stereocenters. The molecule has 0 saturated carbocycles. The van der Waals surface area contributed by atoms with Gasteiger partial charge in [-0.05, 0) is 34.1 Å². The number of anilines is 1. The number of amides is 1. The van der Waals surface area contributed by atoms with E-state index in [1.165, 1.54) is 12.3 Å². The summed E-state index contributed by atoms with van der Waals surface area (Å²) < 4.78 is 0.613. The fourth-order valence-electron chi connectivity index (χ4n) is 1.32. The number of H-pyrrole nitrogens is 1. The molecule has 0 bridgehead atoms. The summed E-state index contributed by atoms with van der Waals surface area (Å²) in [6.45, 7) is 0. The van der Waals surface area contributed by atoms with Crippen LogP contribution in [0.1, 0.15) is 15.9 Å². The molecule has 0 aliphatic rings. The first kappa shape index (κ1) is 12.6. The maximum absolute atomic E-state index is 12.0. The van der Waals surface area contributed by atoms with Gasteiger partial charge in [-0.25, -0.2) is 0 Å². The summed E-state index contributed by atoms with van der Waals surface area (Å²) in [5, 5.41) is 18.0. The smallest absolute Gasteiger partial charge is 0.258 e. The molecule has 2 N–H and O–H groups in total. The Kier molecular flexibility index (Phi) is 3.65. The molecule has 0 spiro atoms. The van der Waals surface area contributed by atoms with Gasteiger partial charge in [-0.2, -0.15) is 10.4 Å². The minimum atomic E-state index is -0.384. The molecule has 2 aromatic rings. The van der Waals surface area contributed by atoms with Gasteiger partial charge in [0.05, 0.1) is 11.8 Å². The lowest BCUT2D eigenvalue weighted by Crippen LogP contribution is -2.13. The van der Waals surface area contributed by atoms with E-state index in [-0.39, 0.29) is 17.3 Å². The Balaban J connectivity index is 2.28. The molecule has 0 aliphatic heterocycles. The fourth-order valence-corrected chi connectivity index (χ4v) is 1.92. The molecule has 2 rings (SSSR count). The van der Waals surface area contributed by atoms with E-state index in [0.29, 0.717) is 15.1 Å². The number of aromatic nitrogens is 2. The van der Waals surface area contributed by atoms with Gasteiger partial charge < -0.3 is 5.32 Å². The van der Waals surface area contributed by atoms with Gasteiger partial charge in [-0.3, -0.25) is 9.89 Å². The Hall–Kier alpha value is -1.84. The molecule has 0 aliphatic carbocycles. The molecular formula is C11H6BrClN4O. The summed E-state index contributed by atoms with van der Waals surface area (Å²) in [5.41, 5.74) is 0.641. The van der Waals surface area contributed by atoms with Crippen LogP contribution in [-0.4, -0.2) is 16.1 Å². The topological polar surface area (TPSA) is 81.6 Å². The third-order valence-corrected chi connectivity index (χ3v) is 3.10. The van der Waals surface area contributed by atoms with Gasteiger partial charge in [-0.1, -0.05) is 11.6 Å². The number of nitrogens with zero attached hydrogens (tertiary/aromatic N) is 2. The van der Waals surface area contributed by atoms with Crippen molar-refractivity contribution in [2.45, 2.75) is 0 Å². The summed E-state index contributed by atoms with van der Waals surface area (Å²) >= 11 is 9.09. The second-order valence-corrected chi connectivity index (χ2v) is 4.64. The highest BCUT2D eigenvalue weighted by molar-refractivity contribution is 9.10. The van der Waals surface area contributed by atoms with Crippen LogP contribution in [0.25, 0.3) is 0 Å². The minimum Gasteiger partial charge on any atom is -0.306 e. The molecule has 1 heterocycles. The van der Waals surface area contributed by atoms with Crippen LogP contribution in [0.3, 0.4) is 0 Å². The molecule has 1 aromatic heterocycles. The Labute approximate surface area is 116 Å². The van der Waals surface area contributed by atoms with E-state index in [0.717, 1.165) is 0 Å². The Morgan fingerprint density at radius 3 is 3.06 bits per heavy atom. The lowest BCUT2D eigenvalue weighted by Gasteiger charge is -2.05. The molecule has 0 fully saturated rings. The zero-order valence-electron chi connectivity index (χ0n) is 8.87. The van der Waals surface area contributed by atoms with Crippen LogP contribution in [0.15, 0.2) is 28.9 Å². The number of carbonyl (C=O) groups excluding carboxylic acids is 1. The first-order valence-corrected chi connectivity index (χ1v) is 5.99. The Morgan fingerprint density at radius 2 is 2.33 bits per heavy atom. The maximum Gasteiger partial charge on any atom is 0.258 e. The van der Waals surface area contributed by atoms with Crippen molar-refractivity contribution in [3.8, 4) is 6.07 Å². The number of carbonyl (C=O) groups is 1. The van der Waals surface area contributed by atoms with E-state index in [1.54, 1.807) is 12.1 Å². The molecular weight excluding hydrogens is 320 g/mol. The number of hydrogen-bond donors (Lipinski definition) is 2. The van der Waals surface area contributed by atoms with Crippen LogP contribution in [-0.2, 0) is 0 Å². The molecule has 1 aromatic carbocycles. The van der Waals surface area contributed by atoms with Gasteiger partial charge in [0.25, 0.3) is 5.91 Å². The van der Waals surface area contributed by atoms with Crippen molar-refractivity contribution in [1.29, 1.82) is 5.26 Å². The lowest BCUT2D eigenvalue weighted by atomic mass is 10.2. The molecule has 1 amide bonds. The largest absolute Gasteiger partial charge is 0.306 e. The normalized spacial score (nSPS) is 9.83. The number of benzene rings is 1. The summed E-state index contributed by atoms with van der Waals surface area (Å²) in [4.78, 5) is 12.0. The van der Waals surface area contributed by atoms with Gasteiger partial charge >= 0.3 is 0 Å². The molecule has 0 saturated heterocycles. The zero-order chi connectivity index (χ0) is 13.1. The van der Waals surface area contributed by atoms with Crippen LogP contribution < -0.4 is 5.32 Å². The van der Waals surface area contributed by atoms with Crippen molar-refractivity contribution < 1.29 is 4.79 Å². The average molecular weight is 326 g/mol. The van der Waals surface area contributed by atoms with Gasteiger partial charge in [0.2, 0.25) is 0 Å². The molecule has 18 heavy (non-hydrogen) atoms. The molecule has 5 nitrogen and oxygen atoms in total. The van der Waals surface area contributed by atoms with E-state index in [2.05, 4.69) is 31.4 Å². The minimum absolute atomic E-state index is 0.259. The van der Waals surface area contributed by atoms with Crippen LogP contribution in [0.4, 0.5) is 5.82 Å². The van der Waals surface area contributed by atoms with Crippen molar-refractivity contribution in [2.24, 2.45) is 0 Å². The van der Waals surface area contributed by atoms with E-state index in [1.807, 2.05) is 6.07 Å². The van der Waals surface area contributed by atoms with E-state index in [4.69, 9.17) is 16.9 Å². The van der Waals surface area contributed by atoms with Crippen LogP contribution in [0, 0.1) is 11.3 Å². The second-order valence-electron chi connectivity index (χ2n) is 3.35. The first-order chi connectivity index (χ1) is 8.61. The first-order valence-electron chi connectivity index (χ1n) is 4.81. The van der Waals surface area contributed by atoms with Crippen LogP contribution in [0.5, 0.6) is 0 Å². The SMILES string of the molecule is N#Cc1cn[nH]c1NC(=O)c1cc(Cl)ccc1Br.